The lowest BCUT2D eigenvalue weighted by atomic mass is 10.2. The van der Waals surface area contributed by atoms with Crippen molar-refractivity contribution in [1.82, 2.24) is 9.88 Å². The molecule has 11 heteroatoms. The predicted molar refractivity (Wildman–Crippen MR) is 107 cm³/mol. The van der Waals surface area contributed by atoms with E-state index in [0.29, 0.717) is 11.3 Å². The Kier molecular flexibility index (Phi) is 6.42. The molecule has 2 aromatic rings. The highest BCUT2D eigenvalue weighted by molar-refractivity contribution is 8.18. The number of esters is 1. The maximum Gasteiger partial charge on any atom is 0.326 e. The third kappa shape index (κ3) is 5.00. The van der Waals surface area contributed by atoms with Crippen LogP contribution in [0.1, 0.15) is 12.5 Å². The highest BCUT2D eigenvalue weighted by Gasteiger charge is 2.36. The maximum absolute atomic E-state index is 12.4. The summed E-state index contributed by atoms with van der Waals surface area (Å²) in [6.07, 6.45) is 2.63. The van der Waals surface area contributed by atoms with Gasteiger partial charge in [0.25, 0.3) is 16.8 Å². The van der Waals surface area contributed by atoms with Gasteiger partial charge in [-0.05, 0) is 42.5 Å². The molecule has 1 fully saturated rings. The molecule has 0 saturated carbocycles. The first-order valence-electron chi connectivity index (χ1n) is 8.66. The van der Waals surface area contributed by atoms with Gasteiger partial charge in [0.05, 0.1) is 16.4 Å². The van der Waals surface area contributed by atoms with Crippen molar-refractivity contribution in [2.24, 2.45) is 0 Å². The van der Waals surface area contributed by atoms with Gasteiger partial charge in [-0.25, -0.2) is 4.98 Å². The number of hydrogen-bond donors (Lipinski definition) is 0. The molecular formula is C19H15N3O7S. The van der Waals surface area contributed by atoms with Gasteiger partial charge in [0.1, 0.15) is 18.5 Å². The molecule has 0 bridgehead atoms. The summed E-state index contributed by atoms with van der Waals surface area (Å²) < 4.78 is 10.3. The van der Waals surface area contributed by atoms with Gasteiger partial charge in [-0.3, -0.25) is 29.4 Å². The molecule has 2 amide bonds. The summed E-state index contributed by atoms with van der Waals surface area (Å²) in [7, 11) is 0. The lowest BCUT2D eigenvalue weighted by Crippen LogP contribution is -2.34. The predicted octanol–water partition coefficient (Wildman–Crippen LogP) is 3.38. The first-order valence-corrected chi connectivity index (χ1v) is 9.48. The Hall–Kier alpha value is -3.73. The molecule has 30 heavy (non-hydrogen) atoms. The molecule has 2 heterocycles. The van der Waals surface area contributed by atoms with E-state index in [1.54, 1.807) is 31.2 Å². The topological polar surface area (TPSA) is 129 Å². The fourth-order valence-electron chi connectivity index (χ4n) is 2.42. The number of imide groups is 1. The van der Waals surface area contributed by atoms with Crippen molar-refractivity contribution >= 4 is 40.6 Å². The van der Waals surface area contributed by atoms with Crippen LogP contribution in [-0.2, 0) is 14.3 Å². The van der Waals surface area contributed by atoms with Crippen LogP contribution in [0.2, 0.25) is 0 Å². The number of ether oxygens (including phenoxy) is 2. The van der Waals surface area contributed by atoms with Gasteiger partial charge < -0.3 is 9.47 Å². The lowest BCUT2D eigenvalue weighted by Gasteiger charge is -2.10. The molecule has 1 aliphatic rings. The standard InChI is InChI=1S/C19H15N3O7S/c1-2-28-17(23)11-21-18(24)15(30-19(21)25)9-12-3-6-14(7-4-12)29-16-8-5-13(10-20-16)22(26)27/h3-10H,2,11H2,1H3/b15-9+. The largest absolute Gasteiger partial charge is 0.465 e. The van der Waals surface area contributed by atoms with Crippen LogP contribution >= 0.6 is 11.8 Å². The Labute approximate surface area is 174 Å². The fraction of sp³-hybridized carbons (Fsp3) is 0.158. The summed E-state index contributed by atoms with van der Waals surface area (Å²) in [6, 6.07) is 9.24. The second kappa shape index (κ2) is 9.18. The van der Waals surface area contributed by atoms with Crippen molar-refractivity contribution in [3.8, 4) is 11.6 Å². The average Bonchev–Trinajstić information content (AvgIpc) is 2.97. The second-order valence-electron chi connectivity index (χ2n) is 5.86. The number of pyridine rings is 1. The van der Waals surface area contributed by atoms with E-state index >= 15 is 0 Å². The monoisotopic (exact) mass is 429 g/mol. The fourth-order valence-corrected chi connectivity index (χ4v) is 3.26. The number of carbonyl (C=O) groups excluding carboxylic acids is 3. The van der Waals surface area contributed by atoms with Gasteiger partial charge in [-0.15, -0.1) is 0 Å². The highest BCUT2D eigenvalue weighted by atomic mass is 32.2. The molecule has 10 nitrogen and oxygen atoms in total. The summed E-state index contributed by atoms with van der Waals surface area (Å²) >= 11 is 0.742. The number of carbonyl (C=O) groups is 3. The van der Waals surface area contributed by atoms with Crippen molar-refractivity contribution in [2.45, 2.75) is 6.92 Å². The third-order valence-electron chi connectivity index (χ3n) is 3.80. The highest BCUT2D eigenvalue weighted by Crippen LogP contribution is 2.32. The number of nitro groups is 1. The summed E-state index contributed by atoms with van der Waals surface area (Å²) in [5.74, 6) is -0.590. The molecular weight excluding hydrogens is 414 g/mol. The van der Waals surface area contributed by atoms with Crippen LogP contribution in [0, 0.1) is 10.1 Å². The number of hydrogen-bond acceptors (Lipinski definition) is 9. The molecule has 1 aromatic carbocycles. The van der Waals surface area contributed by atoms with E-state index in [1.165, 1.54) is 18.2 Å². The molecule has 1 aromatic heterocycles. The third-order valence-corrected chi connectivity index (χ3v) is 4.71. The zero-order valence-corrected chi connectivity index (χ0v) is 16.5. The molecule has 0 aliphatic carbocycles. The minimum atomic E-state index is -0.651. The first kappa shape index (κ1) is 21.0. The van der Waals surface area contributed by atoms with E-state index in [9.17, 15) is 24.5 Å². The first-order chi connectivity index (χ1) is 14.4. The molecule has 0 atom stereocenters. The van der Waals surface area contributed by atoms with Gasteiger partial charge in [0, 0.05) is 12.1 Å². The zero-order valence-electron chi connectivity index (χ0n) is 15.6. The van der Waals surface area contributed by atoms with E-state index in [4.69, 9.17) is 9.47 Å². The summed E-state index contributed by atoms with van der Waals surface area (Å²) in [5, 5.41) is 10.1. The Morgan fingerprint density at radius 2 is 1.97 bits per heavy atom. The Morgan fingerprint density at radius 3 is 2.57 bits per heavy atom. The van der Waals surface area contributed by atoms with Crippen LogP contribution in [0.3, 0.4) is 0 Å². The molecule has 154 valence electrons. The Morgan fingerprint density at radius 1 is 1.23 bits per heavy atom. The van der Waals surface area contributed by atoms with Gasteiger partial charge in [-0.2, -0.15) is 0 Å². The van der Waals surface area contributed by atoms with E-state index in [-0.39, 0.29) is 23.1 Å². The minimum Gasteiger partial charge on any atom is -0.465 e. The van der Waals surface area contributed by atoms with Crippen molar-refractivity contribution in [3.63, 3.8) is 0 Å². The van der Waals surface area contributed by atoms with Crippen LogP contribution in [0.25, 0.3) is 6.08 Å². The van der Waals surface area contributed by atoms with Gasteiger partial charge >= 0.3 is 5.97 Å². The van der Waals surface area contributed by atoms with Gasteiger partial charge in [-0.1, -0.05) is 12.1 Å². The van der Waals surface area contributed by atoms with Crippen molar-refractivity contribution < 1.29 is 28.8 Å². The molecule has 1 saturated heterocycles. The number of aromatic nitrogens is 1. The minimum absolute atomic E-state index is 0.144. The van der Waals surface area contributed by atoms with Crippen LogP contribution < -0.4 is 4.74 Å². The number of benzene rings is 1. The molecule has 1 aliphatic heterocycles. The summed E-state index contributed by atoms with van der Waals surface area (Å²) in [5.41, 5.74) is 0.496. The number of amides is 2. The SMILES string of the molecule is CCOC(=O)CN1C(=O)S/C(=C/c2ccc(Oc3ccc([N+](=O)[O-])cn3)cc2)C1=O. The second-order valence-corrected chi connectivity index (χ2v) is 6.85. The quantitative estimate of drug-likeness (QED) is 0.281. The summed E-state index contributed by atoms with van der Waals surface area (Å²) in [4.78, 5) is 50.9. The molecule has 0 spiro atoms. The van der Waals surface area contributed by atoms with Crippen molar-refractivity contribution in [3.05, 3.63) is 63.2 Å². The van der Waals surface area contributed by atoms with Crippen molar-refractivity contribution in [1.29, 1.82) is 0 Å². The smallest absolute Gasteiger partial charge is 0.326 e. The molecule has 3 rings (SSSR count). The van der Waals surface area contributed by atoms with Crippen molar-refractivity contribution in [2.75, 3.05) is 13.2 Å². The normalized spacial score (nSPS) is 14.8. The number of nitrogens with zero attached hydrogens (tertiary/aromatic N) is 3. The molecule has 0 radical (unpaired) electrons. The Balaban J connectivity index is 1.66. The zero-order chi connectivity index (χ0) is 21.7. The van der Waals surface area contributed by atoms with Crippen LogP contribution in [-0.4, -0.2) is 45.1 Å². The lowest BCUT2D eigenvalue weighted by molar-refractivity contribution is -0.385. The number of rotatable bonds is 7. The van der Waals surface area contributed by atoms with E-state index < -0.39 is 28.6 Å². The van der Waals surface area contributed by atoms with Gasteiger partial charge in [0.2, 0.25) is 5.88 Å². The van der Waals surface area contributed by atoms with E-state index in [0.717, 1.165) is 22.9 Å². The van der Waals surface area contributed by atoms with Crippen LogP contribution in [0.4, 0.5) is 10.5 Å². The van der Waals surface area contributed by atoms with E-state index in [2.05, 4.69) is 4.98 Å². The van der Waals surface area contributed by atoms with Crippen LogP contribution in [0.5, 0.6) is 11.6 Å². The van der Waals surface area contributed by atoms with Gasteiger partial charge in [0.15, 0.2) is 0 Å². The van der Waals surface area contributed by atoms with E-state index in [1.807, 2.05) is 0 Å². The average molecular weight is 429 g/mol. The Bertz CT molecular complexity index is 1020. The molecule has 0 unspecified atom stereocenters. The van der Waals surface area contributed by atoms with Crippen LogP contribution in [0.15, 0.2) is 47.5 Å². The number of thioether (sulfide) groups is 1. The maximum atomic E-state index is 12.4. The molecule has 0 N–H and O–H groups in total. The summed E-state index contributed by atoms with van der Waals surface area (Å²) in [6.45, 7) is 1.37.